The van der Waals surface area contributed by atoms with Gasteiger partial charge in [0.15, 0.2) is 0 Å². The van der Waals surface area contributed by atoms with Crippen molar-refractivity contribution in [1.82, 2.24) is 4.90 Å². The minimum absolute atomic E-state index is 0.916. The molecule has 29 heavy (non-hydrogen) atoms. The van der Waals surface area contributed by atoms with E-state index in [4.69, 9.17) is 4.74 Å². The fourth-order valence-corrected chi connectivity index (χ4v) is 4.15. The van der Waals surface area contributed by atoms with Crippen LogP contribution in [0, 0.1) is 0 Å². The van der Waals surface area contributed by atoms with Crippen LogP contribution in [0.5, 0.6) is 5.75 Å². The number of nitrogens with zero attached hydrogens (tertiary/aromatic N) is 2. The molecule has 3 aromatic rings. The van der Waals surface area contributed by atoms with Gasteiger partial charge in [-0.15, -0.1) is 0 Å². The number of ether oxygens (including phenoxy) is 1. The number of anilines is 1. The summed E-state index contributed by atoms with van der Waals surface area (Å²) in [5, 5.41) is 0. The second kappa shape index (κ2) is 9.62. The third kappa shape index (κ3) is 5.18. The minimum atomic E-state index is 0.916. The van der Waals surface area contributed by atoms with E-state index >= 15 is 0 Å². The first kappa shape index (κ1) is 19.5. The Morgan fingerprint density at radius 1 is 0.759 bits per heavy atom. The van der Waals surface area contributed by atoms with Crippen LogP contribution in [0.15, 0.2) is 78.9 Å². The van der Waals surface area contributed by atoms with E-state index in [-0.39, 0.29) is 0 Å². The van der Waals surface area contributed by atoms with E-state index in [1.54, 1.807) is 7.11 Å². The fourth-order valence-electron chi connectivity index (χ4n) is 4.15. The summed E-state index contributed by atoms with van der Waals surface area (Å²) in [6.07, 6.45) is 2.54. The van der Waals surface area contributed by atoms with Crippen LogP contribution in [0.2, 0.25) is 0 Å². The van der Waals surface area contributed by atoms with Gasteiger partial charge >= 0.3 is 0 Å². The molecule has 0 unspecified atom stereocenters. The van der Waals surface area contributed by atoms with Gasteiger partial charge in [-0.05, 0) is 35.6 Å². The molecule has 1 aliphatic heterocycles. The van der Waals surface area contributed by atoms with E-state index in [2.05, 4.69) is 88.7 Å². The molecule has 0 amide bonds. The number of hydrogen-bond donors (Lipinski definition) is 0. The van der Waals surface area contributed by atoms with Gasteiger partial charge < -0.3 is 9.64 Å². The predicted molar refractivity (Wildman–Crippen MR) is 120 cm³/mol. The van der Waals surface area contributed by atoms with Gasteiger partial charge in [0.2, 0.25) is 0 Å². The Morgan fingerprint density at radius 3 is 1.90 bits per heavy atom. The molecule has 3 aromatic carbocycles. The van der Waals surface area contributed by atoms with Gasteiger partial charge in [-0.2, -0.15) is 0 Å². The van der Waals surface area contributed by atoms with Crippen molar-refractivity contribution in [3.8, 4) is 5.75 Å². The van der Waals surface area contributed by atoms with Crippen molar-refractivity contribution in [2.45, 2.75) is 32.5 Å². The first-order valence-corrected chi connectivity index (χ1v) is 10.5. The van der Waals surface area contributed by atoms with Crippen molar-refractivity contribution in [2.75, 3.05) is 25.1 Å². The molecule has 150 valence electrons. The third-order valence-electron chi connectivity index (χ3n) is 5.63. The molecular formula is C26H30N2O. The topological polar surface area (TPSA) is 15.7 Å². The summed E-state index contributed by atoms with van der Waals surface area (Å²) in [5.74, 6) is 0.938. The molecule has 0 atom stereocenters. The number of hydrogen-bond acceptors (Lipinski definition) is 3. The first-order chi connectivity index (χ1) is 14.3. The summed E-state index contributed by atoms with van der Waals surface area (Å²) in [5.41, 5.74) is 5.40. The molecule has 0 N–H and O–H groups in total. The van der Waals surface area contributed by atoms with Crippen molar-refractivity contribution >= 4 is 5.69 Å². The van der Waals surface area contributed by atoms with Crippen molar-refractivity contribution < 1.29 is 4.74 Å². The summed E-state index contributed by atoms with van der Waals surface area (Å²) in [6.45, 7) is 5.05. The zero-order valence-electron chi connectivity index (χ0n) is 17.3. The Kier molecular flexibility index (Phi) is 6.48. The molecule has 4 rings (SSSR count). The monoisotopic (exact) mass is 386 g/mol. The van der Waals surface area contributed by atoms with E-state index in [1.807, 2.05) is 0 Å². The van der Waals surface area contributed by atoms with Gasteiger partial charge in [0.25, 0.3) is 0 Å². The molecule has 0 spiro atoms. The maximum atomic E-state index is 5.53. The van der Waals surface area contributed by atoms with Crippen molar-refractivity contribution in [1.29, 1.82) is 0 Å². The molecular weight excluding hydrogens is 356 g/mol. The quantitative estimate of drug-likeness (QED) is 0.508. The van der Waals surface area contributed by atoms with Crippen LogP contribution in [0.25, 0.3) is 0 Å². The lowest BCUT2D eigenvalue weighted by Gasteiger charge is -2.27. The average Bonchev–Trinajstić information content (AvgIpc) is 3.30. The summed E-state index contributed by atoms with van der Waals surface area (Å²) < 4.78 is 5.53. The molecule has 0 saturated carbocycles. The molecule has 0 aliphatic carbocycles. The van der Waals surface area contributed by atoms with Crippen molar-refractivity contribution in [2.24, 2.45) is 0 Å². The van der Waals surface area contributed by atoms with Crippen LogP contribution in [-0.2, 0) is 19.6 Å². The summed E-state index contributed by atoms with van der Waals surface area (Å²) >= 11 is 0. The number of rotatable bonds is 8. The first-order valence-electron chi connectivity index (χ1n) is 10.5. The standard InChI is InChI=1S/C26H30N2O/c1-29-25-15-14-24(26(18-25)28-16-8-9-17-28)21-27(19-22-10-4-2-5-11-22)20-23-12-6-3-7-13-23/h2-7,10-15,18H,8-9,16-17,19-21H2,1H3. The lowest BCUT2D eigenvalue weighted by Crippen LogP contribution is -2.25. The Hall–Kier alpha value is -2.78. The van der Waals surface area contributed by atoms with Crippen LogP contribution < -0.4 is 9.64 Å². The molecule has 0 radical (unpaired) electrons. The fraction of sp³-hybridized carbons (Fsp3) is 0.308. The smallest absolute Gasteiger partial charge is 0.120 e. The Labute approximate surface area is 174 Å². The van der Waals surface area contributed by atoms with Crippen molar-refractivity contribution in [3.63, 3.8) is 0 Å². The van der Waals surface area contributed by atoms with Gasteiger partial charge in [-0.1, -0.05) is 66.7 Å². The maximum Gasteiger partial charge on any atom is 0.120 e. The highest BCUT2D eigenvalue weighted by molar-refractivity contribution is 5.58. The van der Waals surface area contributed by atoms with Crippen LogP contribution >= 0.6 is 0 Å². The molecule has 3 heteroatoms. The zero-order chi connectivity index (χ0) is 19.9. The molecule has 0 aromatic heterocycles. The normalized spacial score (nSPS) is 13.8. The SMILES string of the molecule is COc1ccc(CN(Cc2ccccc2)Cc2ccccc2)c(N2CCCC2)c1. The maximum absolute atomic E-state index is 5.53. The summed E-state index contributed by atoms with van der Waals surface area (Å²) in [4.78, 5) is 5.05. The van der Waals surface area contributed by atoms with Crippen LogP contribution in [0.4, 0.5) is 5.69 Å². The Balaban J connectivity index is 1.60. The highest BCUT2D eigenvalue weighted by atomic mass is 16.5. The van der Waals surface area contributed by atoms with Crippen LogP contribution in [0.1, 0.15) is 29.5 Å². The van der Waals surface area contributed by atoms with E-state index in [0.29, 0.717) is 0 Å². The molecule has 1 fully saturated rings. The largest absolute Gasteiger partial charge is 0.497 e. The highest BCUT2D eigenvalue weighted by Crippen LogP contribution is 2.30. The van der Waals surface area contributed by atoms with Gasteiger partial charge in [0.1, 0.15) is 5.75 Å². The number of benzene rings is 3. The van der Waals surface area contributed by atoms with Crippen molar-refractivity contribution in [3.05, 3.63) is 95.6 Å². The lowest BCUT2D eigenvalue weighted by molar-refractivity contribution is 0.248. The van der Waals surface area contributed by atoms with E-state index in [0.717, 1.165) is 38.5 Å². The highest BCUT2D eigenvalue weighted by Gasteiger charge is 2.18. The average molecular weight is 387 g/mol. The summed E-state index contributed by atoms with van der Waals surface area (Å²) in [7, 11) is 1.75. The molecule has 0 bridgehead atoms. The van der Waals surface area contributed by atoms with E-state index in [1.165, 1.54) is 35.2 Å². The van der Waals surface area contributed by atoms with Crippen LogP contribution in [-0.4, -0.2) is 25.1 Å². The Morgan fingerprint density at radius 2 is 1.34 bits per heavy atom. The van der Waals surface area contributed by atoms with Gasteiger partial charge in [-0.3, -0.25) is 4.90 Å². The second-order valence-corrected chi connectivity index (χ2v) is 7.81. The lowest BCUT2D eigenvalue weighted by atomic mass is 10.1. The Bertz CT molecular complexity index is 848. The molecule has 1 aliphatic rings. The van der Waals surface area contributed by atoms with E-state index < -0.39 is 0 Å². The molecule has 3 nitrogen and oxygen atoms in total. The van der Waals surface area contributed by atoms with Gasteiger partial charge in [0, 0.05) is 44.5 Å². The van der Waals surface area contributed by atoms with Gasteiger partial charge in [-0.25, -0.2) is 0 Å². The van der Waals surface area contributed by atoms with E-state index in [9.17, 15) is 0 Å². The summed E-state index contributed by atoms with van der Waals surface area (Å²) in [6, 6.07) is 28.1. The third-order valence-corrected chi connectivity index (χ3v) is 5.63. The zero-order valence-corrected chi connectivity index (χ0v) is 17.3. The second-order valence-electron chi connectivity index (χ2n) is 7.81. The van der Waals surface area contributed by atoms with Crippen LogP contribution in [0.3, 0.4) is 0 Å². The molecule has 1 saturated heterocycles. The predicted octanol–water partition coefficient (Wildman–Crippen LogP) is 5.50. The minimum Gasteiger partial charge on any atom is -0.497 e. The number of methoxy groups -OCH3 is 1. The van der Waals surface area contributed by atoms with Gasteiger partial charge in [0.05, 0.1) is 7.11 Å². The molecule has 1 heterocycles.